The van der Waals surface area contributed by atoms with Gasteiger partial charge in [0.2, 0.25) is 0 Å². The van der Waals surface area contributed by atoms with Crippen molar-refractivity contribution in [3.63, 3.8) is 0 Å². The monoisotopic (exact) mass is 370 g/mol. The minimum absolute atomic E-state index is 0.0372. The highest BCUT2D eigenvalue weighted by Crippen LogP contribution is 2.23. The summed E-state index contributed by atoms with van der Waals surface area (Å²) in [5, 5.41) is 14.6. The second-order valence-electron chi connectivity index (χ2n) is 7.15. The highest BCUT2D eigenvalue weighted by Gasteiger charge is 2.15. The fourth-order valence-corrected chi connectivity index (χ4v) is 2.47. The summed E-state index contributed by atoms with van der Waals surface area (Å²) in [6.07, 6.45) is 0. The highest BCUT2D eigenvalue weighted by molar-refractivity contribution is 5.98. The Kier molecular flexibility index (Phi) is 6.96. The average Bonchev–Trinajstić information content (AvgIpc) is 2.64. The molecular formula is C21H26N2O4. The van der Waals surface area contributed by atoms with Gasteiger partial charge in [-0.2, -0.15) is 0 Å². The Bertz CT molecular complexity index is 780. The van der Waals surface area contributed by atoms with Crippen LogP contribution in [0.2, 0.25) is 0 Å². The van der Waals surface area contributed by atoms with E-state index in [1.54, 1.807) is 24.3 Å². The van der Waals surface area contributed by atoms with Crippen molar-refractivity contribution in [2.24, 2.45) is 0 Å². The average molecular weight is 370 g/mol. The largest absolute Gasteiger partial charge is 0.452 e. The normalized spacial score (nSPS) is 11.0. The summed E-state index contributed by atoms with van der Waals surface area (Å²) >= 11 is 0. The number of carbonyl (C=O) groups excluding carboxylic acids is 2. The Labute approximate surface area is 159 Å². The number of hydrogen-bond donors (Lipinski definition) is 3. The van der Waals surface area contributed by atoms with Crippen LogP contribution in [0, 0.1) is 0 Å². The highest BCUT2D eigenvalue weighted by atomic mass is 16.5. The molecule has 0 saturated carbocycles. The molecule has 0 aliphatic rings. The Hall–Kier alpha value is -2.86. The first-order chi connectivity index (χ1) is 12.8. The lowest BCUT2D eigenvalue weighted by Gasteiger charge is -2.19. The van der Waals surface area contributed by atoms with Crippen molar-refractivity contribution in [2.45, 2.75) is 26.2 Å². The van der Waals surface area contributed by atoms with Crippen molar-refractivity contribution in [3.8, 4) is 0 Å². The molecular weight excluding hydrogens is 344 g/mol. The molecule has 0 aliphatic heterocycles. The minimum Gasteiger partial charge on any atom is -0.452 e. The zero-order valence-corrected chi connectivity index (χ0v) is 15.9. The van der Waals surface area contributed by atoms with Gasteiger partial charge in [0.15, 0.2) is 6.61 Å². The number of anilines is 2. The van der Waals surface area contributed by atoms with E-state index in [-0.39, 0.29) is 18.6 Å². The molecule has 0 radical (unpaired) electrons. The van der Waals surface area contributed by atoms with Crippen LogP contribution >= 0.6 is 0 Å². The van der Waals surface area contributed by atoms with Gasteiger partial charge in [0.05, 0.1) is 12.2 Å². The Morgan fingerprint density at radius 2 is 1.70 bits per heavy atom. The van der Waals surface area contributed by atoms with Gasteiger partial charge in [0.25, 0.3) is 5.91 Å². The van der Waals surface area contributed by atoms with Crippen LogP contribution in [0.25, 0.3) is 0 Å². The van der Waals surface area contributed by atoms with Gasteiger partial charge in [0, 0.05) is 17.9 Å². The summed E-state index contributed by atoms with van der Waals surface area (Å²) in [6, 6.07) is 14.4. The summed E-state index contributed by atoms with van der Waals surface area (Å²) < 4.78 is 5.11. The third kappa shape index (κ3) is 6.11. The van der Waals surface area contributed by atoms with E-state index in [4.69, 9.17) is 9.84 Å². The van der Waals surface area contributed by atoms with Crippen LogP contribution in [0.1, 0.15) is 36.7 Å². The fourth-order valence-electron chi connectivity index (χ4n) is 2.47. The standard InChI is InChI=1S/C21H26N2O4/c1-21(2,3)15-8-10-16(11-9-15)23-19(25)14-27-20(26)17-6-4-5-7-18(17)22-12-13-24/h4-11,22,24H,12-14H2,1-3H3,(H,23,25). The first-order valence-electron chi connectivity index (χ1n) is 8.82. The maximum atomic E-state index is 12.2. The van der Waals surface area contributed by atoms with E-state index in [2.05, 4.69) is 31.4 Å². The van der Waals surface area contributed by atoms with E-state index >= 15 is 0 Å². The molecule has 1 amide bonds. The number of rotatable bonds is 7. The zero-order chi connectivity index (χ0) is 19.9. The second kappa shape index (κ2) is 9.19. The summed E-state index contributed by atoms with van der Waals surface area (Å²) in [5.41, 5.74) is 2.71. The van der Waals surface area contributed by atoms with E-state index in [1.807, 2.05) is 24.3 Å². The second-order valence-corrected chi connectivity index (χ2v) is 7.15. The number of nitrogens with one attached hydrogen (secondary N) is 2. The number of aliphatic hydroxyl groups excluding tert-OH is 1. The lowest BCUT2D eigenvalue weighted by molar-refractivity contribution is -0.119. The Balaban J connectivity index is 1.91. The molecule has 2 aromatic rings. The quantitative estimate of drug-likeness (QED) is 0.652. The zero-order valence-electron chi connectivity index (χ0n) is 15.9. The molecule has 0 aromatic heterocycles. The molecule has 0 saturated heterocycles. The predicted octanol–water partition coefficient (Wildman–Crippen LogP) is 3.18. The molecule has 0 bridgehead atoms. The van der Waals surface area contributed by atoms with E-state index in [9.17, 15) is 9.59 Å². The van der Waals surface area contributed by atoms with E-state index in [0.717, 1.165) is 0 Å². The molecule has 6 heteroatoms. The number of esters is 1. The van der Waals surface area contributed by atoms with Crippen LogP contribution in [0.4, 0.5) is 11.4 Å². The predicted molar refractivity (Wildman–Crippen MR) is 106 cm³/mol. The molecule has 0 aliphatic carbocycles. The molecule has 0 atom stereocenters. The number of hydrogen-bond acceptors (Lipinski definition) is 5. The molecule has 0 spiro atoms. The first-order valence-corrected chi connectivity index (χ1v) is 8.82. The Morgan fingerprint density at radius 3 is 2.33 bits per heavy atom. The molecule has 6 nitrogen and oxygen atoms in total. The number of amides is 1. The maximum absolute atomic E-state index is 12.2. The number of carbonyl (C=O) groups is 2. The molecule has 27 heavy (non-hydrogen) atoms. The number of para-hydroxylation sites is 1. The van der Waals surface area contributed by atoms with Crippen molar-refractivity contribution < 1.29 is 19.4 Å². The lowest BCUT2D eigenvalue weighted by atomic mass is 9.87. The van der Waals surface area contributed by atoms with Crippen LogP contribution < -0.4 is 10.6 Å². The van der Waals surface area contributed by atoms with Crippen LogP contribution in [-0.2, 0) is 14.9 Å². The van der Waals surface area contributed by atoms with Gasteiger partial charge >= 0.3 is 5.97 Å². The summed E-state index contributed by atoms with van der Waals surface area (Å²) in [5.74, 6) is -1.01. The Morgan fingerprint density at radius 1 is 1.04 bits per heavy atom. The minimum atomic E-state index is -0.603. The van der Waals surface area contributed by atoms with Crippen molar-refractivity contribution in [2.75, 3.05) is 30.4 Å². The van der Waals surface area contributed by atoms with Crippen LogP contribution in [0.15, 0.2) is 48.5 Å². The van der Waals surface area contributed by atoms with Gasteiger partial charge in [-0.3, -0.25) is 4.79 Å². The topological polar surface area (TPSA) is 87.7 Å². The van der Waals surface area contributed by atoms with E-state index in [0.29, 0.717) is 23.5 Å². The van der Waals surface area contributed by atoms with Gasteiger partial charge < -0.3 is 20.5 Å². The molecule has 2 rings (SSSR count). The molecule has 2 aromatic carbocycles. The molecule has 3 N–H and O–H groups in total. The van der Waals surface area contributed by atoms with Gasteiger partial charge in [-0.25, -0.2) is 4.79 Å². The van der Waals surface area contributed by atoms with Crippen molar-refractivity contribution >= 4 is 23.3 Å². The molecule has 0 heterocycles. The molecule has 144 valence electrons. The SMILES string of the molecule is CC(C)(C)c1ccc(NC(=O)COC(=O)c2ccccc2NCCO)cc1. The van der Waals surface area contributed by atoms with Gasteiger partial charge in [-0.05, 0) is 35.2 Å². The summed E-state index contributed by atoms with van der Waals surface area (Å²) in [7, 11) is 0. The third-order valence-electron chi connectivity index (χ3n) is 3.94. The number of aliphatic hydroxyl groups is 1. The third-order valence-corrected chi connectivity index (χ3v) is 3.94. The van der Waals surface area contributed by atoms with E-state index < -0.39 is 11.9 Å². The van der Waals surface area contributed by atoms with Gasteiger partial charge in [-0.15, -0.1) is 0 Å². The van der Waals surface area contributed by atoms with Crippen molar-refractivity contribution in [3.05, 3.63) is 59.7 Å². The van der Waals surface area contributed by atoms with Crippen molar-refractivity contribution in [1.29, 1.82) is 0 Å². The number of benzene rings is 2. The first kappa shape index (κ1) is 20.5. The van der Waals surface area contributed by atoms with Gasteiger partial charge in [0.1, 0.15) is 0 Å². The van der Waals surface area contributed by atoms with E-state index in [1.165, 1.54) is 5.56 Å². The van der Waals surface area contributed by atoms with Crippen LogP contribution in [-0.4, -0.2) is 36.7 Å². The maximum Gasteiger partial charge on any atom is 0.340 e. The smallest absolute Gasteiger partial charge is 0.340 e. The summed E-state index contributed by atoms with van der Waals surface area (Å²) in [4.78, 5) is 24.3. The van der Waals surface area contributed by atoms with Crippen LogP contribution in [0.3, 0.4) is 0 Å². The molecule has 0 unspecified atom stereocenters. The fraction of sp³-hybridized carbons (Fsp3) is 0.333. The molecule has 0 fully saturated rings. The number of ether oxygens (including phenoxy) is 1. The van der Waals surface area contributed by atoms with Crippen molar-refractivity contribution in [1.82, 2.24) is 0 Å². The van der Waals surface area contributed by atoms with Gasteiger partial charge in [-0.1, -0.05) is 45.0 Å². The lowest BCUT2D eigenvalue weighted by Crippen LogP contribution is -2.21. The van der Waals surface area contributed by atoms with Crippen LogP contribution in [0.5, 0.6) is 0 Å². The summed E-state index contributed by atoms with van der Waals surface area (Å²) in [6.45, 7) is 6.23.